The summed E-state index contributed by atoms with van der Waals surface area (Å²) in [7, 11) is 0. The number of carbonyl (C=O) groups excluding carboxylic acids is 1. The van der Waals surface area contributed by atoms with E-state index in [0.29, 0.717) is 23.0 Å². The first-order valence-corrected chi connectivity index (χ1v) is 9.69. The Morgan fingerprint density at radius 2 is 2.07 bits per heavy atom. The van der Waals surface area contributed by atoms with Crippen molar-refractivity contribution in [3.05, 3.63) is 12.7 Å². The monoisotopic (exact) mass is 391 g/mol. The van der Waals surface area contributed by atoms with E-state index in [-0.39, 0.29) is 13.0 Å². The lowest BCUT2D eigenvalue weighted by Crippen LogP contribution is -2.34. The zero-order valence-corrected chi connectivity index (χ0v) is 15.7. The van der Waals surface area contributed by atoms with Crippen molar-refractivity contribution in [3.63, 3.8) is 0 Å². The third-order valence-electron chi connectivity index (χ3n) is 5.36. The molecule has 28 heavy (non-hydrogen) atoms. The Kier molecular flexibility index (Phi) is 5.42. The van der Waals surface area contributed by atoms with Gasteiger partial charge >= 0.3 is 5.97 Å². The molecule has 3 heterocycles. The lowest BCUT2D eigenvalue weighted by Gasteiger charge is -2.17. The molecule has 3 N–H and O–H groups in total. The highest BCUT2D eigenvalue weighted by molar-refractivity contribution is 5.82. The summed E-state index contributed by atoms with van der Waals surface area (Å²) in [5.41, 5.74) is 1.08. The van der Waals surface area contributed by atoms with Gasteiger partial charge in [-0.1, -0.05) is 19.8 Å². The minimum absolute atomic E-state index is 0.127. The third kappa shape index (κ3) is 3.54. The van der Waals surface area contributed by atoms with Gasteiger partial charge in [0.1, 0.15) is 31.2 Å². The fourth-order valence-electron chi connectivity index (χ4n) is 3.78. The number of fused-ring (bicyclic) bond motifs is 1. The van der Waals surface area contributed by atoms with Gasteiger partial charge in [-0.2, -0.15) is 0 Å². The van der Waals surface area contributed by atoms with Gasteiger partial charge in [-0.25, -0.2) is 15.0 Å². The van der Waals surface area contributed by atoms with Crippen LogP contribution in [-0.4, -0.2) is 66.7 Å². The number of carbonyl (C=O) groups is 1. The Morgan fingerprint density at radius 1 is 1.29 bits per heavy atom. The van der Waals surface area contributed by atoms with Crippen LogP contribution in [0.4, 0.5) is 5.82 Å². The summed E-state index contributed by atoms with van der Waals surface area (Å²) in [5, 5.41) is 24.2. The predicted molar refractivity (Wildman–Crippen MR) is 98.4 cm³/mol. The maximum absolute atomic E-state index is 11.4. The first-order chi connectivity index (χ1) is 13.6. The van der Waals surface area contributed by atoms with Crippen molar-refractivity contribution in [2.75, 3.05) is 11.9 Å². The molecule has 10 heteroatoms. The molecule has 1 aliphatic heterocycles. The second-order valence-corrected chi connectivity index (χ2v) is 7.25. The molecule has 0 radical (unpaired) electrons. The molecule has 2 aromatic heterocycles. The largest absolute Gasteiger partial charge is 0.463 e. The Bertz CT molecular complexity index is 837. The number of hydrogen-bond acceptors (Lipinski definition) is 9. The van der Waals surface area contributed by atoms with E-state index >= 15 is 0 Å². The Balaban J connectivity index is 1.54. The molecule has 0 bridgehead atoms. The number of anilines is 1. The molecule has 1 aliphatic carbocycles. The molecule has 4 atom stereocenters. The number of esters is 1. The number of ether oxygens (including phenoxy) is 2. The number of nitrogens with zero attached hydrogens (tertiary/aromatic N) is 4. The van der Waals surface area contributed by atoms with Crippen LogP contribution in [0, 0.1) is 0 Å². The average molecular weight is 391 g/mol. The number of aromatic nitrogens is 4. The number of aliphatic hydroxyl groups is 2. The normalized spacial score (nSPS) is 28.1. The average Bonchev–Trinajstić information content (AvgIpc) is 3.42. The van der Waals surface area contributed by atoms with E-state index in [1.807, 2.05) is 0 Å². The van der Waals surface area contributed by atoms with Gasteiger partial charge in [0.25, 0.3) is 0 Å². The molecule has 152 valence electrons. The SMILES string of the molecule is CCC(=O)OC[C@H]1O[C@@H](n2cnc3c(NC4CCCC4)ncnc32)C(O)C1O. The van der Waals surface area contributed by atoms with Gasteiger partial charge in [0.15, 0.2) is 23.2 Å². The van der Waals surface area contributed by atoms with Crippen LogP contribution in [0.1, 0.15) is 45.3 Å². The highest BCUT2D eigenvalue weighted by Crippen LogP contribution is 2.33. The molecule has 0 aromatic carbocycles. The zero-order chi connectivity index (χ0) is 19.7. The van der Waals surface area contributed by atoms with E-state index in [0.717, 1.165) is 12.8 Å². The van der Waals surface area contributed by atoms with Gasteiger partial charge in [0.2, 0.25) is 0 Å². The topological polar surface area (TPSA) is 132 Å². The first kappa shape index (κ1) is 19.0. The van der Waals surface area contributed by atoms with Crippen molar-refractivity contribution in [3.8, 4) is 0 Å². The summed E-state index contributed by atoms with van der Waals surface area (Å²) < 4.78 is 12.4. The molecule has 2 aliphatic rings. The number of nitrogens with one attached hydrogen (secondary N) is 1. The molecular formula is C18H25N5O5. The standard InChI is InChI=1S/C18H25N5O5/c1-2-12(24)27-7-11-14(25)15(26)18(28-11)23-9-21-13-16(19-8-20-17(13)23)22-10-5-3-4-6-10/h8-11,14-15,18,25-26H,2-7H2,1H3,(H,19,20,22)/t11-,14?,15?,18-/m1/s1. The van der Waals surface area contributed by atoms with Crippen LogP contribution in [0.15, 0.2) is 12.7 Å². The minimum Gasteiger partial charge on any atom is -0.463 e. The van der Waals surface area contributed by atoms with Crippen LogP contribution in [-0.2, 0) is 14.3 Å². The molecule has 0 amide bonds. The molecule has 2 aromatic rings. The first-order valence-electron chi connectivity index (χ1n) is 9.69. The lowest BCUT2D eigenvalue weighted by atomic mass is 10.1. The van der Waals surface area contributed by atoms with Crippen molar-refractivity contribution in [1.29, 1.82) is 0 Å². The second kappa shape index (κ2) is 7.98. The van der Waals surface area contributed by atoms with Crippen LogP contribution >= 0.6 is 0 Å². The summed E-state index contributed by atoms with van der Waals surface area (Å²) in [6.07, 6.45) is 3.67. The summed E-state index contributed by atoms with van der Waals surface area (Å²) in [6.45, 7) is 1.55. The zero-order valence-electron chi connectivity index (χ0n) is 15.7. The van der Waals surface area contributed by atoms with Gasteiger partial charge < -0.3 is 25.0 Å². The predicted octanol–water partition coefficient (Wildman–Crippen LogP) is 0.753. The smallest absolute Gasteiger partial charge is 0.305 e. The minimum atomic E-state index is -1.20. The van der Waals surface area contributed by atoms with Crippen molar-refractivity contribution >= 4 is 23.0 Å². The molecular weight excluding hydrogens is 366 g/mol. The van der Waals surface area contributed by atoms with Crippen LogP contribution in [0.5, 0.6) is 0 Å². The number of hydrogen-bond donors (Lipinski definition) is 3. The number of imidazole rings is 1. The highest BCUT2D eigenvalue weighted by Gasteiger charge is 2.45. The molecule has 2 fully saturated rings. The van der Waals surface area contributed by atoms with Crippen LogP contribution < -0.4 is 5.32 Å². The number of rotatable bonds is 6. The summed E-state index contributed by atoms with van der Waals surface area (Å²) in [6, 6.07) is 0.371. The van der Waals surface area contributed by atoms with Gasteiger partial charge in [-0.05, 0) is 12.8 Å². The van der Waals surface area contributed by atoms with Crippen molar-refractivity contribution in [2.24, 2.45) is 0 Å². The van der Waals surface area contributed by atoms with Gasteiger partial charge in [-0.3, -0.25) is 9.36 Å². The molecule has 1 saturated heterocycles. The van der Waals surface area contributed by atoms with E-state index in [4.69, 9.17) is 9.47 Å². The van der Waals surface area contributed by atoms with E-state index in [1.165, 1.54) is 25.5 Å². The van der Waals surface area contributed by atoms with Crippen molar-refractivity contribution in [2.45, 2.75) is 69.6 Å². The summed E-state index contributed by atoms with van der Waals surface area (Å²) in [5.74, 6) is 0.259. The molecule has 0 spiro atoms. The van der Waals surface area contributed by atoms with E-state index < -0.39 is 30.5 Å². The Labute approximate surface area is 161 Å². The van der Waals surface area contributed by atoms with Gasteiger partial charge in [0, 0.05) is 12.5 Å². The van der Waals surface area contributed by atoms with E-state index in [9.17, 15) is 15.0 Å². The molecule has 4 rings (SSSR count). The van der Waals surface area contributed by atoms with Crippen molar-refractivity contribution in [1.82, 2.24) is 19.5 Å². The Morgan fingerprint density at radius 3 is 2.82 bits per heavy atom. The fraction of sp³-hybridized carbons (Fsp3) is 0.667. The van der Waals surface area contributed by atoms with Crippen LogP contribution in [0.25, 0.3) is 11.2 Å². The maximum Gasteiger partial charge on any atom is 0.305 e. The van der Waals surface area contributed by atoms with Crippen LogP contribution in [0.3, 0.4) is 0 Å². The molecule has 10 nitrogen and oxygen atoms in total. The molecule has 1 saturated carbocycles. The van der Waals surface area contributed by atoms with Gasteiger partial charge in [-0.15, -0.1) is 0 Å². The van der Waals surface area contributed by atoms with Crippen molar-refractivity contribution < 1.29 is 24.5 Å². The van der Waals surface area contributed by atoms with E-state index in [1.54, 1.807) is 11.5 Å². The maximum atomic E-state index is 11.4. The molecule has 2 unspecified atom stereocenters. The summed E-state index contributed by atoms with van der Waals surface area (Å²) >= 11 is 0. The third-order valence-corrected chi connectivity index (χ3v) is 5.36. The second-order valence-electron chi connectivity index (χ2n) is 7.25. The lowest BCUT2D eigenvalue weighted by molar-refractivity contribution is -0.149. The van der Waals surface area contributed by atoms with Crippen LogP contribution in [0.2, 0.25) is 0 Å². The van der Waals surface area contributed by atoms with E-state index in [2.05, 4.69) is 20.3 Å². The number of aliphatic hydroxyl groups excluding tert-OH is 2. The van der Waals surface area contributed by atoms with Gasteiger partial charge in [0.05, 0.1) is 6.33 Å². The highest BCUT2D eigenvalue weighted by atomic mass is 16.6. The Hall–Kier alpha value is -2.30. The summed E-state index contributed by atoms with van der Waals surface area (Å²) in [4.78, 5) is 24.3. The quantitative estimate of drug-likeness (QED) is 0.610. The fourth-order valence-corrected chi connectivity index (χ4v) is 3.78.